The maximum Gasteiger partial charge on any atom is 0.179 e. The van der Waals surface area contributed by atoms with Crippen LogP contribution in [0.25, 0.3) is 22.4 Å². The highest BCUT2D eigenvalue weighted by Crippen LogP contribution is 2.39. The van der Waals surface area contributed by atoms with Crippen molar-refractivity contribution in [2.45, 2.75) is 25.4 Å². The highest BCUT2D eigenvalue weighted by Gasteiger charge is 2.44. The molecule has 154 valence electrons. The van der Waals surface area contributed by atoms with Crippen molar-refractivity contribution in [3.05, 3.63) is 53.2 Å². The summed E-state index contributed by atoms with van der Waals surface area (Å²) in [6, 6.07) is 10.1. The lowest BCUT2D eigenvalue weighted by Gasteiger charge is -2.28. The van der Waals surface area contributed by atoms with E-state index in [-0.39, 0.29) is 0 Å². The summed E-state index contributed by atoms with van der Waals surface area (Å²) in [5.74, 6) is 1.69. The van der Waals surface area contributed by atoms with Gasteiger partial charge in [-0.05, 0) is 30.2 Å². The molecule has 4 heterocycles. The normalized spacial score (nSPS) is 21.2. The number of benzene rings is 1. The summed E-state index contributed by atoms with van der Waals surface area (Å²) in [6.07, 6.45) is 5.61. The lowest BCUT2D eigenvalue weighted by Crippen LogP contribution is -2.37. The van der Waals surface area contributed by atoms with E-state index in [0.717, 1.165) is 47.6 Å². The Kier molecular flexibility index (Phi) is 4.70. The Hall–Kier alpha value is -2.93. The van der Waals surface area contributed by atoms with Gasteiger partial charge in [-0.15, -0.1) is 5.11 Å². The van der Waals surface area contributed by atoms with Crippen LogP contribution in [-0.4, -0.2) is 39.8 Å². The van der Waals surface area contributed by atoms with Crippen molar-refractivity contribution in [1.29, 1.82) is 0 Å². The summed E-state index contributed by atoms with van der Waals surface area (Å²) in [6.45, 7) is 4.22. The third-order valence-electron chi connectivity index (χ3n) is 6.08. The topological polar surface area (TPSA) is 67.9 Å². The fourth-order valence-electron chi connectivity index (χ4n) is 4.48. The quantitative estimate of drug-likeness (QED) is 0.559. The van der Waals surface area contributed by atoms with E-state index >= 15 is 0 Å². The van der Waals surface area contributed by atoms with Crippen molar-refractivity contribution in [1.82, 2.24) is 14.5 Å². The Morgan fingerprint density at radius 2 is 2.13 bits per heavy atom. The SMILES string of the molecule is CCC1=CCN=NOC12CCN(c1cc(-c3nc4ccccc4n3C)c(Cl)cn1)C2. The molecule has 2 aliphatic heterocycles. The highest BCUT2D eigenvalue weighted by molar-refractivity contribution is 6.33. The Bertz CT molecular complexity index is 1170. The zero-order valence-corrected chi connectivity index (χ0v) is 17.8. The van der Waals surface area contributed by atoms with Gasteiger partial charge < -0.3 is 14.3 Å². The van der Waals surface area contributed by atoms with Gasteiger partial charge in [0, 0.05) is 37.1 Å². The number of para-hydroxylation sites is 2. The molecule has 0 bridgehead atoms. The first kappa shape index (κ1) is 19.1. The molecule has 1 unspecified atom stereocenters. The molecular formula is C22H23ClN6O. The fourth-order valence-corrected chi connectivity index (χ4v) is 4.66. The van der Waals surface area contributed by atoms with Crippen molar-refractivity contribution in [3.63, 3.8) is 0 Å². The van der Waals surface area contributed by atoms with E-state index in [1.807, 2.05) is 31.3 Å². The number of imidazole rings is 1. The Morgan fingerprint density at radius 1 is 1.27 bits per heavy atom. The first-order chi connectivity index (χ1) is 14.6. The predicted molar refractivity (Wildman–Crippen MR) is 118 cm³/mol. The molecule has 2 aliphatic rings. The number of anilines is 1. The van der Waals surface area contributed by atoms with Gasteiger partial charge in [-0.3, -0.25) is 0 Å². The van der Waals surface area contributed by atoms with E-state index in [0.29, 0.717) is 18.1 Å². The van der Waals surface area contributed by atoms with Crippen LogP contribution in [0.4, 0.5) is 5.82 Å². The molecule has 8 heteroatoms. The molecule has 1 fully saturated rings. The van der Waals surface area contributed by atoms with Crippen LogP contribution < -0.4 is 4.90 Å². The molecule has 2 aromatic heterocycles. The maximum atomic E-state index is 6.55. The molecule has 30 heavy (non-hydrogen) atoms. The van der Waals surface area contributed by atoms with Crippen molar-refractivity contribution >= 4 is 28.5 Å². The molecule has 0 radical (unpaired) electrons. The van der Waals surface area contributed by atoms with Crippen LogP contribution in [-0.2, 0) is 11.9 Å². The van der Waals surface area contributed by atoms with Gasteiger partial charge in [0.05, 0.1) is 29.1 Å². The van der Waals surface area contributed by atoms with Crippen molar-refractivity contribution in [3.8, 4) is 11.4 Å². The third-order valence-corrected chi connectivity index (χ3v) is 6.38. The van der Waals surface area contributed by atoms with E-state index in [9.17, 15) is 0 Å². The smallest absolute Gasteiger partial charge is 0.179 e. The number of aromatic nitrogens is 3. The Balaban J connectivity index is 1.51. The number of aryl methyl sites for hydroxylation is 1. The maximum absolute atomic E-state index is 6.55. The van der Waals surface area contributed by atoms with E-state index in [1.165, 1.54) is 5.57 Å². The molecule has 1 aromatic carbocycles. The monoisotopic (exact) mass is 422 g/mol. The lowest BCUT2D eigenvalue weighted by atomic mass is 9.90. The average molecular weight is 423 g/mol. The van der Waals surface area contributed by atoms with Crippen molar-refractivity contribution in [2.24, 2.45) is 17.4 Å². The third kappa shape index (κ3) is 3.04. The van der Waals surface area contributed by atoms with Crippen LogP contribution in [0.2, 0.25) is 5.02 Å². The molecule has 5 rings (SSSR count). The highest BCUT2D eigenvalue weighted by atomic mass is 35.5. The van der Waals surface area contributed by atoms with E-state index in [2.05, 4.69) is 43.9 Å². The van der Waals surface area contributed by atoms with E-state index < -0.39 is 5.60 Å². The van der Waals surface area contributed by atoms with Gasteiger partial charge in [-0.25, -0.2) is 9.97 Å². The molecule has 1 spiro atoms. The Labute approximate surface area is 180 Å². The number of fused-ring (bicyclic) bond motifs is 1. The molecule has 0 amide bonds. The lowest BCUT2D eigenvalue weighted by molar-refractivity contribution is -0.0101. The second-order valence-corrected chi connectivity index (χ2v) is 8.16. The molecule has 7 nitrogen and oxygen atoms in total. The van der Waals surface area contributed by atoms with Gasteiger partial charge in [-0.2, -0.15) is 0 Å². The van der Waals surface area contributed by atoms with Crippen molar-refractivity contribution < 1.29 is 4.84 Å². The summed E-state index contributed by atoms with van der Waals surface area (Å²) in [4.78, 5) is 17.5. The standard InChI is InChI=1S/C22H23ClN6O/c1-3-15-8-10-25-27-30-22(15)9-11-29(14-22)20-12-16(17(23)13-24-20)21-26-18-6-4-5-7-19(18)28(21)2/h4-8,12-13H,3,9-11,14H2,1-2H3. The van der Waals surface area contributed by atoms with Gasteiger partial charge in [0.15, 0.2) is 5.60 Å². The minimum absolute atomic E-state index is 0.436. The molecule has 1 atom stereocenters. The second-order valence-electron chi connectivity index (χ2n) is 7.75. The van der Waals surface area contributed by atoms with E-state index in [4.69, 9.17) is 21.4 Å². The number of hydrogen-bond donors (Lipinski definition) is 0. The zero-order chi connectivity index (χ0) is 20.7. The summed E-state index contributed by atoms with van der Waals surface area (Å²) >= 11 is 6.55. The number of nitrogens with zero attached hydrogens (tertiary/aromatic N) is 6. The summed E-state index contributed by atoms with van der Waals surface area (Å²) in [5.41, 5.74) is 3.69. The van der Waals surface area contributed by atoms with Crippen LogP contribution in [0.1, 0.15) is 19.8 Å². The molecule has 0 aliphatic carbocycles. The number of hydrogen-bond acceptors (Lipinski definition) is 6. The average Bonchev–Trinajstić information content (AvgIpc) is 3.26. The zero-order valence-electron chi connectivity index (χ0n) is 17.0. The second kappa shape index (κ2) is 7.40. The first-order valence-corrected chi connectivity index (χ1v) is 10.6. The molecule has 3 aromatic rings. The fraction of sp³-hybridized carbons (Fsp3) is 0.364. The number of pyridine rings is 1. The predicted octanol–water partition coefficient (Wildman–Crippen LogP) is 4.97. The van der Waals surface area contributed by atoms with Crippen LogP contribution in [0.15, 0.2) is 58.6 Å². The van der Waals surface area contributed by atoms with Crippen LogP contribution in [0, 0.1) is 0 Å². The van der Waals surface area contributed by atoms with Crippen LogP contribution >= 0.6 is 11.6 Å². The number of halogens is 1. The largest absolute Gasteiger partial charge is 0.366 e. The molecule has 0 saturated carbocycles. The van der Waals surface area contributed by atoms with E-state index in [1.54, 1.807) is 6.20 Å². The number of rotatable bonds is 3. The van der Waals surface area contributed by atoms with Crippen LogP contribution in [0.3, 0.4) is 0 Å². The molecule has 1 saturated heterocycles. The minimum atomic E-state index is -0.436. The molecular weight excluding hydrogens is 400 g/mol. The van der Waals surface area contributed by atoms with Gasteiger partial charge in [0.1, 0.15) is 11.6 Å². The Morgan fingerprint density at radius 3 is 2.97 bits per heavy atom. The van der Waals surface area contributed by atoms with Crippen molar-refractivity contribution in [2.75, 3.05) is 24.5 Å². The van der Waals surface area contributed by atoms with Gasteiger partial charge in [0.2, 0.25) is 0 Å². The summed E-state index contributed by atoms with van der Waals surface area (Å²) in [7, 11) is 2.01. The minimum Gasteiger partial charge on any atom is -0.366 e. The van der Waals surface area contributed by atoms with Gasteiger partial charge in [0.25, 0.3) is 0 Å². The molecule has 0 N–H and O–H groups in total. The first-order valence-electron chi connectivity index (χ1n) is 10.2. The van der Waals surface area contributed by atoms with Crippen LogP contribution in [0.5, 0.6) is 0 Å². The summed E-state index contributed by atoms with van der Waals surface area (Å²) in [5, 5.41) is 8.57. The van der Waals surface area contributed by atoms with Gasteiger partial charge in [-0.1, -0.05) is 36.7 Å². The summed E-state index contributed by atoms with van der Waals surface area (Å²) < 4.78 is 2.07. The van der Waals surface area contributed by atoms with Gasteiger partial charge >= 0.3 is 0 Å².